The van der Waals surface area contributed by atoms with Gasteiger partial charge in [0.15, 0.2) is 5.82 Å². The molecule has 0 spiro atoms. The Hall–Kier alpha value is -4.19. The third-order valence-corrected chi connectivity index (χ3v) is 4.69. The normalized spacial score (nSPS) is 11.5. The molecule has 4 rings (SSSR count). The monoisotopic (exact) mass is 457 g/mol. The lowest BCUT2D eigenvalue weighted by atomic mass is 10.0. The summed E-state index contributed by atoms with van der Waals surface area (Å²) in [5.41, 5.74) is 8.43. The number of aromatic nitrogens is 4. The van der Waals surface area contributed by atoms with Gasteiger partial charge in [0.1, 0.15) is 23.4 Å². The molecule has 4 aromatic rings. The van der Waals surface area contributed by atoms with Crippen molar-refractivity contribution in [3.63, 3.8) is 0 Å². The SMILES string of the molecule is COCc1cn2ncnc(N)c2c1-c1ccc(NC(=O)Nc2cccc(C(F)(F)F)n2)cc1. The van der Waals surface area contributed by atoms with Crippen LogP contribution in [0, 0.1) is 0 Å². The molecule has 0 atom stereocenters. The second-order valence-electron chi connectivity index (χ2n) is 6.96. The van der Waals surface area contributed by atoms with Crippen LogP contribution in [0.4, 0.5) is 35.3 Å². The van der Waals surface area contributed by atoms with Gasteiger partial charge in [0.2, 0.25) is 0 Å². The number of nitrogens with zero attached hydrogens (tertiary/aromatic N) is 4. The van der Waals surface area contributed by atoms with Crippen molar-refractivity contribution < 1.29 is 22.7 Å². The average molecular weight is 457 g/mol. The van der Waals surface area contributed by atoms with Crippen LogP contribution in [0.15, 0.2) is 55.0 Å². The highest BCUT2D eigenvalue weighted by molar-refractivity contribution is 5.99. The van der Waals surface area contributed by atoms with Crippen molar-refractivity contribution in [1.29, 1.82) is 0 Å². The molecule has 0 saturated carbocycles. The van der Waals surface area contributed by atoms with Crippen molar-refractivity contribution in [2.75, 3.05) is 23.5 Å². The Morgan fingerprint density at radius 2 is 1.91 bits per heavy atom. The molecule has 0 radical (unpaired) electrons. The Morgan fingerprint density at radius 1 is 1.15 bits per heavy atom. The number of ether oxygens (including phenoxy) is 1. The maximum absolute atomic E-state index is 12.8. The van der Waals surface area contributed by atoms with Gasteiger partial charge in [-0.25, -0.2) is 19.3 Å². The Bertz CT molecular complexity index is 1300. The molecule has 0 saturated heterocycles. The fourth-order valence-electron chi connectivity index (χ4n) is 3.33. The topological polar surface area (TPSA) is 119 Å². The molecule has 170 valence electrons. The molecule has 0 unspecified atom stereocenters. The lowest BCUT2D eigenvalue weighted by molar-refractivity contribution is -0.141. The number of amides is 2. The fraction of sp³-hybridized carbons (Fsp3) is 0.143. The third-order valence-electron chi connectivity index (χ3n) is 4.69. The number of anilines is 3. The van der Waals surface area contributed by atoms with Gasteiger partial charge in [0.05, 0.1) is 6.61 Å². The Kier molecular flexibility index (Phi) is 5.84. The second kappa shape index (κ2) is 8.74. The van der Waals surface area contributed by atoms with E-state index in [1.807, 2.05) is 0 Å². The van der Waals surface area contributed by atoms with E-state index in [4.69, 9.17) is 10.5 Å². The predicted molar refractivity (Wildman–Crippen MR) is 115 cm³/mol. The Morgan fingerprint density at radius 3 is 2.61 bits per heavy atom. The molecule has 3 aromatic heterocycles. The van der Waals surface area contributed by atoms with E-state index in [9.17, 15) is 18.0 Å². The zero-order valence-corrected chi connectivity index (χ0v) is 17.2. The van der Waals surface area contributed by atoms with Crippen molar-refractivity contribution in [1.82, 2.24) is 19.6 Å². The molecule has 4 N–H and O–H groups in total. The second-order valence-corrected chi connectivity index (χ2v) is 6.96. The zero-order chi connectivity index (χ0) is 23.6. The highest BCUT2D eigenvalue weighted by Crippen LogP contribution is 2.33. The predicted octanol–water partition coefficient (Wildman–Crippen LogP) is 4.18. The molecule has 9 nitrogen and oxygen atoms in total. The van der Waals surface area contributed by atoms with E-state index >= 15 is 0 Å². The van der Waals surface area contributed by atoms with E-state index in [1.54, 1.807) is 42.1 Å². The van der Waals surface area contributed by atoms with E-state index in [0.717, 1.165) is 28.8 Å². The van der Waals surface area contributed by atoms with Gasteiger partial charge in [-0.05, 0) is 29.8 Å². The first kappa shape index (κ1) is 22.0. The number of urea groups is 1. The van der Waals surface area contributed by atoms with Crippen LogP contribution in [0.5, 0.6) is 0 Å². The van der Waals surface area contributed by atoms with Gasteiger partial charge in [-0.1, -0.05) is 18.2 Å². The van der Waals surface area contributed by atoms with E-state index in [1.165, 1.54) is 12.4 Å². The summed E-state index contributed by atoms with van der Waals surface area (Å²) in [7, 11) is 1.58. The molecule has 0 bridgehead atoms. The molecule has 0 aliphatic rings. The van der Waals surface area contributed by atoms with Crippen molar-refractivity contribution in [2.45, 2.75) is 12.8 Å². The molecule has 1 aromatic carbocycles. The standard InChI is InChI=1S/C21H18F3N7O2/c1-33-10-13-9-31-18(19(25)26-11-27-31)17(13)12-5-7-14(8-6-12)28-20(32)30-16-4-2-3-15(29-16)21(22,23)24/h2-9,11H,10H2,1H3,(H2,25,26,27)(H2,28,29,30,32). The average Bonchev–Trinajstić information content (AvgIpc) is 3.13. The number of carbonyl (C=O) groups excluding carboxylic acids is 1. The number of hydrogen-bond donors (Lipinski definition) is 3. The van der Waals surface area contributed by atoms with Crippen molar-refractivity contribution in [2.24, 2.45) is 0 Å². The van der Waals surface area contributed by atoms with Gasteiger partial charge >= 0.3 is 12.2 Å². The van der Waals surface area contributed by atoms with Crippen LogP contribution in [0.3, 0.4) is 0 Å². The van der Waals surface area contributed by atoms with E-state index in [-0.39, 0.29) is 5.82 Å². The number of rotatable bonds is 5. The summed E-state index contributed by atoms with van der Waals surface area (Å²) in [6.45, 7) is 0.324. The maximum atomic E-state index is 12.8. The number of nitrogens with one attached hydrogen (secondary N) is 2. The number of nitrogens with two attached hydrogens (primary N) is 1. The number of methoxy groups -OCH3 is 1. The van der Waals surface area contributed by atoms with Crippen LogP contribution in [0.2, 0.25) is 0 Å². The summed E-state index contributed by atoms with van der Waals surface area (Å²) >= 11 is 0. The van der Waals surface area contributed by atoms with Crippen LogP contribution in [-0.2, 0) is 17.5 Å². The fourth-order valence-corrected chi connectivity index (χ4v) is 3.33. The molecular weight excluding hydrogens is 439 g/mol. The van der Waals surface area contributed by atoms with Crippen molar-refractivity contribution in [3.05, 3.63) is 66.2 Å². The van der Waals surface area contributed by atoms with Crippen LogP contribution in [-0.4, -0.2) is 32.7 Å². The van der Waals surface area contributed by atoms with E-state index < -0.39 is 17.9 Å². The van der Waals surface area contributed by atoms with E-state index in [0.29, 0.717) is 23.6 Å². The van der Waals surface area contributed by atoms with Crippen molar-refractivity contribution in [3.8, 4) is 11.1 Å². The van der Waals surface area contributed by atoms with Gasteiger partial charge in [-0.3, -0.25) is 5.32 Å². The third kappa shape index (κ3) is 4.70. The highest BCUT2D eigenvalue weighted by atomic mass is 19.4. The number of benzene rings is 1. The number of pyridine rings is 1. The smallest absolute Gasteiger partial charge is 0.382 e. The Labute approximate surface area is 185 Å². The first-order valence-corrected chi connectivity index (χ1v) is 9.58. The minimum atomic E-state index is -4.61. The molecule has 2 amide bonds. The van der Waals surface area contributed by atoms with Gasteiger partial charge in [0, 0.05) is 30.1 Å². The van der Waals surface area contributed by atoms with Gasteiger partial charge in [0.25, 0.3) is 0 Å². The number of alkyl halides is 3. The summed E-state index contributed by atoms with van der Waals surface area (Å²) in [4.78, 5) is 19.7. The zero-order valence-electron chi connectivity index (χ0n) is 17.2. The molecule has 0 fully saturated rings. The van der Waals surface area contributed by atoms with Gasteiger partial charge in [-0.15, -0.1) is 0 Å². The number of hydrogen-bond acceptors (Lipinski definition) is 6. The largest absolute Gasteiger partial charge is 0.433 e. The Balaban J connectivity index is 1.54. The summed E-state index contributed by atoms with van der Waals surface area (Å²) < 4.78 is 45.3. The summed E-state index contributed by atoms with van der Waals surface area (Å²) in [5, 5.41) is 9.02. The lowest BCUT2D eigenvalue weighted by Crippen LogP contribution is -2.21. The summed E-state index contributed by atoms with van der Waals surface area (Å²) in [6, 6.07) is 9.33. The maximum Gasteiger partial charge on any atom is 0.433 e. The number of nitrogen functional groups attached to an aromatic ring is 1. The minimum absolute atomic E-state index is 0.223. The minimum Gasteiger partial charge on any atom is -0.382 e. The summed E-state index contributed by atoms with van der Waals surface area (Å²) in [6.07, 6.45) is -1.45. The number of fused-ring (bicyclic) bond motifs is 1. The number of carbonyl (C=O) groups is 1. The number of halogens is 3. The summed E-state index contributed by atoms with van der Waals surface area (Å²) in [5.74, 6) is 0.0800. The first-order chi connectivity index (χ1) is 15.8. The van der Waals surface area contributed by atoms with Crippen molar-refractivity contribution >= 4 is 28.9 Å². The van der Waals surface area contributed by atoms with Gasteiger partial charge in [-0.2, -0.15) is 18.3 Å². The quantitative estimate of drug-likeness (QED) is 0.414. The molecular formula is C21H18F3N7O2. The van der Waals surface area contributed by atoms with E-state index in [2.05, 4.69) is 25.7 Å². The molecule has 0 aliphatic carbocycles. The van der Waals surface area contributed by atoms with Crippen LogP contribution >= 0.6 is 0 Å². The van der Waals surface area contributed by atoms with Crippen LogP contribution < -0.4 is 16.4 Å². The highest BCUT2D eigenvalue weighted by Gasteiger charge is 2.32. The molecule has 0 aliphatic heterocycles. The van der Waals surface area contributed by atoms with Crippen LogP contribution in [0.1, 0.15) is 11.3 Å². The first-order valence-electron chi connectivity index (χ1n) is 9.58. The molecule has 3 heterocycles. The molecule has 33 heavy (non-hydrogen) atoms. The van der Waals surface area contributed by atoms with Crippen LogP contribution in [0.25, 0.3) is 16.6 Å². The molecule has 12 heteroatoms. The lowest BCUT2D eigenvalue weighted by Gasteiger charge is -2.11. The van der Waals surface area contributed by atoms with Gasteiger partial charge < -0.3 is 15.8 Å².